The van der Waals surface area contributed by atoms with Crippen LogP contribution in [0.3, 0.4) is 0 Å². The summed E-state index contributed by atoms with van der Waals surface area (Å²) in [6.45, 7) is 3.25. The van der Waals surface area contributed by atoms with Crippen LogP contribution in [0.5, 0.6) is 0 Å². The number of hydrogen-bond acceptors (Lipinski definition) is 3. The molecule has 5 rings (SSSR count). The van der Waals surface area contributed by atoms with Crippen molar-refractivity contribution in [1.82, 2.24) is 13.8 Å². The summed E-state index contributed by atoms with van der Waals surface area (Å²) in [5.41, 5.74) is 2.23. The maximum Gasteiger partial charge on any atom is 0.243 e. The lowest BCUT2D eigenvalue weighted by molar-refractivity contribution is -0.135. The number of rotatable bonds is 11. The molecule has 1 amide bonds. The fourth-order valence-electron chi connectivity index (χ4n) is 5.77. The topological polar surface area (TPSA) is 62.6 Å². The van der Waals surface area contributed by atoms with Gasteiger partial charge in [0, 0.05) is 35.5 Å². The monoisotopic (exact) mass is 635 g/mol. The second kappa shape index (κ2) is 13.4. The van der Waals surface area contributed by atoms with Crippen molar-refractivity contribution in [2.75, 3.05) is 13.1 Å². The lowest BCUT2D eigenvalue weighted by Crippen LogP contribution is -2.47. The number of halogens is 1. The molecule has 8 heteroatoms. The number of sulfonamides is 1. The van der Waals surface area contributed by atoms with E-state index in [1.807, 2.05) is 60.4 Å². The van der Waals surface area contributed by atoms with Crippen molar-refractivity contribution in [3.05, 3.63) is 101 Å². The summed E-state index contributed by atoms with van der Waals surface area (Å²) in [5, 5.41) is 1.85. The second-order valence-electron chi connectivity index (χ2n) is 10.9. The average molecular weight is 637 g/mol. The van der Waals surface area contributed by atoms with Gasteiger partial charge >= 0.3 is 0 Å². The van der Waals surface area contributed by atoms with Crippen LogP contribution in [-0.4, -0.2) is 47.2 Å². The van der Waals surface area contributed by atoms with E-state index in [1.165, 1.54) is 16.3 Å². The zero-order chi connectivity index (χ0) is 28.8. The van der Waals surface area contributed by atoms with Crippen molar-refractivity contribution in [1.29, 1.82) is 0 Å². The van der Waals surface area contributed by atoms with E-state index in [1.54, 1.807) is 12.1 Å². The maximum absolute atomic E-state index is 14.1. The van der Waals surface area contributed by atoms with Crippen LogP contribution in [0.15, 0.2) is 94.4 Å². The first kappa shape index (κ1) is 29.5. The third-order valence-electron chi connectivity index (χ3n) is 8.00. The van der Waals surface area contributed by atoms with Crippen LogP contribution in [-0.2, 0) is 27.9 Å². The van der Waals surface area contributed by atoms with Gasteiger partial charge in [0.25, 0.3) is 0 Å². The number of nitrogens with zero attached hydrogens (tertiary/aromatic N) is 3. The number of carbonyl (C=O) groups excluding carboxylic acids is 1. The molecule has 0 atom stereocenters. The molecule has 1 saturated carbocycles. The van der Waals surface area contributed by atoms with E-state index in [4.69, 9.17) is 0 Å². The van der Waals surface area contributed by atoms with Crippen LogP contribution in [0.1, 0.15) is 56.7 Å². The summed E-state index contributed by atoms with van der Waals surface area (Å²) in [7, 11) is -3.85. The molecule has 0 unspecified atom stereocenters. The molecule has 216 valence electrons. The van der Waals surface area contributed by atoms with E-state index in [9.17, 15) is 13.2 Å². The molecule has 3 aromatic carbocycles. The molecule has 1 aliphatic carbocycles. The highest BCUT2D eigenvalue weighted by Gasteiger charge is 2.32. The Bertz CT molecular complexity index is 1580. The first-order valence-electron chi connectivity index (χ1n) is 14.5. The van der Waals surface area contributed by atoms with E-state index in [0.29, 0.717) is 26.1 Å². The standard InChI is InChI=1S/C33H38BrN3O3S/c1-2-20-36(41(39,40)32-19-16-27-9-6-7-10-28(27)22-32)25-33(38)37(30-11-4-3-5-12-30)24-31-13-8-21-35(31)23-26-14-17-29(34)18-15-26/h6-10,13-19,21-22,30H,2-5,11-12,20,23-25H2,1H3. The molecule has 0 radical (unpaired) electrons. The fourth-order valence-corrected chi connectivity index (χ4v) is 7.56. The van der Waals surface area contributed by atoms with Gasteiger partial charge in [-0.3, -0.25) is 4.79 Å². The van der Waals surface area contributed by atoms with Crippen LogP contribution in [0.2, 0.25) is 0 Å². The average Bonchev–Trinajstić information content (AvgIpc) is 3.43. The van der Waals surface area contributed by atoms with Gasteiger partial charge in [-0.25, -0.2) is 8.42 Å². The summed E-state index contributed by atoms with van der Waals surface area (Å²) in [5.74, 6) is -0.133. The smallest absolute Gasteiger partial charge is 0.243 e. The van der Waals surface area contributed by atoms with Crippen LogP contribution in [0.25, 0.3) is 10.8 Å². The molecule has 0 spiro atoms. The summed E-state index contributed by atoms with van der Waals surface area (Å²) < 4.78 is 32.3. The first-order valence-corrected chi connectivity index (χ1v) is 16.8. The molecule has 1 aromatic heterocycles. The summed E-state index contributed by atoms with van der Waals surface area (Å²) in [6, 6.07) is 25.4. The van der Waals surface area contributed by atoms with Crippen molar-refractivity contribution in [2.24, 2.45) is 0 Å². The largest absolute Gasteiger partial charge is 0.345 e. The SMILES string of the molecule is CCCN(CC(=O)N(Cc1cccn1Cc1ccc(Br)cc1)C1CCCCC1)S(=O)(=O)c1ccc2ccccc2c1. The number of fused-ring (bicyclic) bond motifs is 1. The first-order chi connectivity index (χ1) is 19.8. The van der Waals surface area contributed by atoms with Gasteiger partial charge in [-0.1, -0.05) is 84.6 Å². The van der Waals surface area contributed by atoms with Gasteiger partial charge in [-0.15, -0.1) is 0 Å². The molecule has 1 aliphatic rings. The Morgan fingerprint density at radius 1 is 0.927 bits per heavy atom. The van der Waals surface area contributed by atoms with E-state index in [2.05, 4.69) is 44.9 Å². The molecule has 1 heterocycles. The van der Waals surface area contributed by atoms with E-state index < -0.39 is 10.0 Å². The molecular formula is C33H38BrN3O3S. The third-order valence-corrected chi connectivity index (χ3v) is 10.4. The Kier molecular flexibility index (Phi) is 9.63. The van der Waals surface area contributed by atoms with Crippen molar-refractivity contribution >= 4 is 42.6 Å². The quantitative estimate of drug-likeness (QED) is 0.175. The van der Waals surface area contributed by atoms with Crippen LogP contribution < -0.4 is 0 Å². The van der Waals surface area contributed by atoms with E-state index in [0.717, 1.165) is 46.6 Å². The van der Waals surface area contributed by atoms with Gasteiger partial charge in [0.1, 0.15) is 0 Å². The molecule has 0 N–H and O–H groups in total. The zero-order valence-corrected chi connectivity index (χ0v) is 26.0. The van der Waals surface area contributed by atoms with Gasteiger partial charge in [0.05, 0.1) is 18.0 Å². The van der Waals surface area contributed by atoms with Crippen molar-refractivity contribution < 1.29 is 13.2 Å². The molecule has 1 fully saturated rings. The van der Waals surface area contributed by atoms with Crippen molar-refractivity contribution in [3.8, 4) is 0 Å². The van der Waals surface area contributed by atoms with Crippen LogP contribution in [0.4, 0.5) is 0 Å². The zero-order valence-electron chi connectivity index (χ0n) is 23.6. The summed E-state index contributed by atoms with van der Waals surface area (Å²) in [4.78, 5) is 16.2. The minimum Gasteiger partial charge on any atom is -0.345 e. The molecule has 0 bridgehead atoms. The lowest BCUT2D eigenvalue weighted by atomic mass is 9.94. The highest BCUT2D eigenvalue weighted by atomic mass is 79.9. The Morgan fingerprint density at radius 2 is 1.66 bits per heavy atom. The van der Waals surface area contributed by atoms with Gasteiger partial charge < -0.3 is 9.47 Å². The molecule has 41 heavy (non-hydrogen) atoms. The molecule has 0 saturated heterocycles. The predicted molar refractivity (Wildman–Crippen MR) is 168 cm³/mol. The predicted octanol–water partition coefficient (Wildman–Crippen LogP) is 7.21. The Hall–Kier alpha value is -2.94. The van der Waals surface area contributed by atoms with Gasteiger partial charge in [-0.2, -0.15) is 4.31 Å². The molecule has 0 aliphatic heterocycles. The molecule has 4 aromatic rings. The highest BCUT2D eigenvalue weighted by molar-refractivity contribution is 9.10. The lowest BCUT2D eigenvalue weighted by Gasteiger charge is -2.36. The van der Waals surface area contributed by atoms with Gasteiger partial charge in [0.15, 0.2) is 0 Å². The third kappa shape index (κ3) is 7.11. The van der Waals surface area contributed by atoms with Crippen molar-refractivity contribution in [2.45, 2.75) is 69.5 Å². The van der Waals surface area contributed by atoms with Gasteiger partial charge in [-0.05, 0) is 72.0 Å². The van der Waals surface area contributed by atoms with E-state index >= 15 is 0 Å². The maximum atomic E-state index is 14.1. The highest BCUT2D eigenvalue weighted by Crippen LogP contribution is 2.27. The molecular weight excluding hydrogens is 598 g/mol. The number of amides is 1. The number of hydrogen-bond donors (Lipinski definition) is 0. The summed E-state index contributed by atoms with van der Waals surface area (Å²) >= 11 is 3.50. The second-order valence-corrected chi connectivity index (χ2v) is 13.8. The number of aromatic nitrogens is 1. The van der Waals surface area contributed by atoms with Crippen molar-refractivity contribution in [3.63, 3.8) is 0 Å². The number of benzene rings is 3. The van der Waals surface area contributed by atoms with Gasteiger partial charge in [0.2, 0.25) is 15.9 Å². The minimum atomic E-state index is -3.85. The Balaban J connectivity index is 1.39. The molecule has 6 nitrogen and oxygen atoms in total. The number of carbonyl (C=O) groups is 1. The minimum absolute atomic E-state index is 0.110. The summed E-state index contributed by atoms with van der Waals surface area (Å²) in [6.07, 6.45) is 7.92. The Morgan fingerprint density at radius 3 is 2.39 bits per heavy atom. The normalized spacial score (nSPS) is 14.5. The van der Waals surface area contributed by atoms with Crippen LogP contribution in [0, 0.1) is 0 Å². The van der Waals surface area contributed by atoms with Crippen LogP contribution >= 0.6 is 15.9 Å². The Labute approximate surface area is 252 Å². The van der Waals surface area contributed by atoms with E-state index in [-0.39, 0.29) is 23.4 Å². The fraction of sp³-hybridized carbons (Fsp3) is 0.364.